The highest BCUT2D eigenvalue weighted by Crippen LogP contribution is 2.25. The Hall–Kier alpha value is -2.62. The number of esters is 1. The average Bonchev–Trinajstić information content (AvgIpc) is 2.65. The lowest BCUT2D eigenvalue weighted by molar-refractivity contribution is -0.146. The lowest BCUT2D eigenvalue weighted by Crippen LogP contribution is -2.44. The van der Waals surface area contributed by atoms with Crippen molar-refractivity contribution in [3.63, 3.8) is 0 Å². The summed E-state index contributed by atoms with van der Waals surface area (Å²) in [6.45, 7) is 4.04. The van der Waals surface area contributed by atoms with Crippen molar-refractivity contribution in [3.05, 3.63) is 60.2 Å². The second kappa shape index (κ2) is 8.47. The molecule has 0 fully saturated rings. The van der Waals surface area contributed by atoms with E-state index >= 15 is 0 Å². The monoisotopic (exact) mass is 339 g/mol. The van der Waals surface area contributed by atoms with Crippen molar-refractivity contribution in [1.29, 1.82) is 0 Å². The van der Waals surface area contributed by atoms with Crippen LogP contribution >= 0.6 is 0 Å². The number of benzene rings is 2. The van der Waals surface area contributed by atoms with Gasteiger partial charge in [-0.25, -0.2) is 4.79 Å². The number of hydrogen-bond donors (Lipinski definition) is 0. The van der Waals surface area contributed by atoms with Crippen LogP contribution in [-0.2, 0) is 9.53 Å². The van der Waals surface area contributed by atoms with Crippen molar-refractivity contribution < 1.29 is 14.3 Å². The Labute approximate surface area is 149 Å². The molecule has 25 heavy (non-hydrogen) atoms. The summed E-state index contributed by atoms with van der Waals surface area (Å²) in [5.41, 5.74) is 2.40. The minimum Gasteiger partial charge on any atom is -0.467 e. The number of ether oxygens (including phenoxy) is 1. The van der Waals surface area contributed by atoms with Crippen molar-refractivity contribution in [2.24, 2.45) is 5.92 Å². The van der Waals surface area contributed by atoms with Crippen molar-refractivity contribution in [2.45, 2.75) is 26.3 Å². The van der Waals surface area contributed by atoms with Gasteiger partial charge >= 0.3 is 5.97 Å². The Morgan fingerprint density at radius 1 is 1.00 bits per heavy atom. The van der Waals surface area contributed by atoms with Gasteiger partial charge < -0.3 is 9.64 Å². The number of carbonyl (C=O) groups is 2. The first-order valence-electron chi connectivity index (χ1n) is 8.45. The molecule has 0 saturated heterocycles. The van der Waals surface area contributed by atoms with Crippen LogP contribution in [-0.4, -0.2) is 37.0 Å². The topological polar surface area (TPSA) is 46.6 Å². The van der Waals surface area contributed by atoms with Crippen molar-refractivity contribution in [3.8, 4) is 11.1 Å². The summed E-state index contributed by atoms with van der Waals surface area (Å²) in [5, 5.41) is 0. The number of carbonyl (C=O) groups excluding carboxylic acids is 2. The van der Waals surface area contributed by atoms with Crippen LogP contribution in [0.15, 0.2) is 54.6 Å². The minimum absolute atomic E-state index is 0.185. The molecule has 2 aromatic rings. The van der Waals surface area contributed by atoms with Gasteiger partial charge in [-0.3, -0.25) is 4.79 Å². The molecule has 2 rings (SSSR count). The summed E-state index contributed by atoms with van der Waals surface area (Å²) in [4.78, 5) is 26.8. The third-order valence-corrected chi connectivity index (χ3v) is 4.20. The summed E-state index contributed by atoms with van der Waals surface area (Å²) in [6.07, 6.45) is 0.558. The first-order chi connectivity index (χ1) is 12.0. The molecule has 0 aromatic heterocycles. The lowest BCUT2D eigenvalue weighted by atomic mass is 9.97. The molecule has 0 aliphatic carbocycles. The van der Waals surface area contributed by atoms with Crippen molar-refractivity contribution >= 4 is 11.9 Å². The Morgan fingerprint density at radius 3 is 2.20 bits per heavy atom. The van der Waals surface area contributed by atoms with E-state index in [0.717, 1.165) is 11.1 Å². The maximum absolute atomic E-state index is 13.1. The third kappa shape index (κ3) is 4.47. The molecule has 0 saturated carbocycles. The number of nitrogens with zero attached hydrogens (tertiary/aromatic N) is 1. The van der Waals surface area contributed by atoms with Crippen LogP contribution in [0.25, 0.3) is 11.1 Å². The molecule has 0 bridgehead atoms. The van der Waals surface area contributed by atoms with Gasteiger partial charge in [-0.2, -0.15) is 0 Å². The smallest absolute Gasteiger partial charge is 0.328 e. The maximum atomic E-state index is 13.1. The molecule has 1 atom stereocenters. The predicted octanol–water partition coefficient (Wildman–Crippen LogP) is 4.01. The second-order valence-corrected chi connectivity index (χ2v) is 6.50. The van der Waals surface area contributed by atoms with Crippen LogP contribution in [0.3, 0.4) is 0 Å². The van der Waals surface area contributed by atoms with Crippen LogP contribution in [0, 0.1) is 5.92 Å². The van der Waals surface area contributed by atoms with Crippen LogP contribution < -0.4 is 0 Å². The molecule has 2 aromatic carbocycles. The van der Waals surface area contributed by atoms with E-state index in [1.54, 1.807) is 13.1 Å². The first kappa shape index (κ1) is 18.7. The highest BCUT2D eigenvalue weighted by atomic mass is 16.5. The zero-order chi connectivity index (χ0) is 18.4. The Balaban J connectivity index is 2.38. The van der Waals surface area contributed by atoms with Gasteiger partial charge in [0.15, 0.2) is 0 Å². The van der Waals surface area contributed by atoms with E-state index in [4.69, 9.17) is 4.74 Å². The largest absolute Gasteiger partial charge is 0.467 e. The van der Waals surface area contributed by atoms with Gasteiger partial charge in [0.05, 0.1) is 7.11 Å². The molecule has 0 aliphatic rings. The summed E-state index contributed by atoms with van der Waals surface area (Å²) in [5.74, 6) is -0.305. The van der Waals surface area contributed by atoms with Crippen LogP contribution in [0.2, 0.25) is 0 Å². The fraction of sp³-hybridized carbons (Fsp3) is 0.333. The van der Waals surface area contributed by atoms with E-state index in [1.165, 1.54) is 12.0 Å². The van der Waals surface area contributed by atoms with Crippen LogP contribution in [0.1, 0.15) is 30.6 Å². The minimum atomic E-state index is -0.596. The van der Waals surface area contributed by atoms with E-state index in [9.17, 15) is 9.59 Å². The fourth-order valence-corrected chi connectivity index (χ4v) is 2.87. The molecule has 0 aliphatic heterocycles. The fourth-order valence-electron chi connectivity index (χ4n) is 2.87. The zero-order valence-corrected chi connectivity index (χ0v) is 15.2. The van der Waals surface area contributed by atoms with Gasteiger partial charge in [0.2, 0.25) is 0 Å². The van der Waals surface area contributed by atoms with E-state index in [2.05, 4.69) is 0 Å². The van der Waals surface area contributed by atoms with Gasteiger partial charge in [0.1, 0.15) is 6.04 Å². The number of hydrogen-bond acceptors (Lipinski definition) is 3. The van der Waals surface area contributed by atoms with Crippen LogP contribution in [0.4, 0.5) is 0 Å². The molecular formula is C21H25NO3. The van der Waals surface area contributed by atoms with E-state index in [0.29, 0.717) is 12.0 Å². The average molecular weight is 339 g/mol. The van der Waals surface area contributed by atoms with Crippen molar-refractivity contribution in [2.75, 3.05) is 14.2 Å². The zero-order valence-electron chi connectivity index (χ0n) is 15.2. The molecule has 132 valence electrons. The van der Waals surface area contributed by atoms with E-state index in [-0.39, 0.29) is 17.8 Å². The molecule has 4 nitrogen and oxygen atoms in total. The molecule has 0 N–H and O–H groups in total. The van der Waals surface area contributed by atoms with Crippen molar-refractivity contribution in [1.82, 2.24) is 4.90 Å². The quantitative estimate of drug-likeness (QED) is 0.747. The molecule has 0 radical (unpaired) electrons. The summed E-state index contributed by atoms with van der Waals surface area (Å²) in [7, 11) is 3.01. The van der Waals surface area contributed by atoms with Crippen LogP contribution in [0.5, 0.6) is 0 Å². The van der Waals surface area contributed by atoms with E-state index < -0.39 is 6.04 Å². The molecule has 0 spiro atoms. The van der Waals surface area contributed by atoms with Gasteiger partial charge in [0.25, 0.3) is 5.91 Å². The molecule has 0 heterocycles. The summed E-state index contributed by atoms with van der Waals surface area (Å²) < 4.78 is 4.90. The highest BCUT2D eigenvalue weighted by molar-refractivity contribution is 6.02. The Morgan fingerprint density at radius 2 is 1.60 bits per heavy atom. The summed E-state index contributed by atoms with van der Waals surface area (Å²) >= 11 is 0. The number of likely N-dealkylation sites (N-methyl/N-ethyl adjacent to an activating group) is 1. The van der Waals surface area contributed by atoms with Gasteiger partial charge in [-0.1, -0.05) is 62.4 Å². The number of amides is 1. The third-order valence-electron chi connectivity index (χ3n) is 4.20. The number of rotatable bonds is 6. The van der Waals surface area contributed by atoms with E-state index in [1.807, 2.05) is 62.4 Å². The van der Waals surface area contributed by atoms with Gasteiger partial charge in [0, 0.05) is 12.6 Å². The van der Waals surface area contributed by atoms with Gasteiger partial charge in [-0.05, 0) is 29.5 Å². The molecule has 0 unspecified atom stereocenters. The summed E-state index contributed by atoms with van der Waals surface area (Å²) in [6, 6.07) is 16.6. The Kier molecular flexibility index (Phi) is 6.34. The van der Waals surface area contributed by atoms with Gasteiger partial charge in [-0.15, -0.1) is 0 Å². The Bertz CT molecular complexity index is 725. The molecule has 1 amide bonds. The SMILES string of the molecule is COC(=O)[C@H](CC(C)C)N(C)C(=O)c1ccccc1-c1ccccc1. The standard InChI is InChI=1S/C21H25NO3/c1-15(2)14-19(21(24)25-4)22(3)20(23)18-13-9-8-12-17(18)16-10-6-5-7-11-16/h5-13,15,19H,14H2,1-4H3/t19-/m0/s1. The normalized spacial score (nSPS) is 11.9. The molecular weight excluding hydrogens is 314 g/mol. The second-order valence-electron chi connectivity index (χ2n) is 6.50. The first-order valence-corrected chi connectivity index (χ1v) is 8.45. The number of methoxy groups -OCH3 is 1. The highest BCUT2D eigenvalue weighted by Gasteiger charge is 2.30. The lowest BCUT2D eigenvalue weighted by Gasteiger charge is -2.28. The molecule has 4 heteroatoms. The predicted molar refractivity (Wildman–Crippen MR) is 99.2 cm³/mol. The maximum Gasteiger partial charge on any atom is 0.328 e.